The maximum absolute atomic E-state index is 5.44. The Bertz CT molecular complexity index is 282. The van der Waals surface area contributed by atoms with E-state index in [0.29, 0.717) is 6.61 Å². The Kier molecular flexibility index (Phi) is 4.30. The van der Waals surface area contributed by atoms with Crippen molar-refractivity contribution in [3.63, 3.8) is 0 Å². The first-order chi connectivity index (χ1) is 6.81. The van der Waals surface area contributed by atoms with Crippen molar-refractivity contribution in [1.29, 1.82) is 0 Å². The summed E-state index contributed by atoms with van der Waals surface area (Å²) in [5, 5.41) is 0. The maximum Gasteiger partial charge on any atom is 0.161 e. The lowest BCUT2D eigenvalue weighted by atomic mass is 10.1. The highest BCUT2D eigenvalue weighted by Crippen LogP contribution is 2.28. The van der Waals surface area contributed by atoms with Crippen LogP contribution < -0.4 is 9.47 Å². The van der Waals surface area contributed by atoms with Gasteiger partial charge in [0.25, 0.3) is 0 Å². The molecule has 14 heavy (non-hydrogen) atoms. The fourth-order valence-electron chi connectivity index (χ4n) is 1.43. The largest absolute Gasteiger partial charge is 0.493 e. The molecule has 1 aromatic rings. The molecular formula is C12H18O2. The van der Waals surface area contributed by atoms with Gasteiger partial charge in [0.05, 0.1) is 13.7 Å². The zero-order chi connectivity index (χ0) is 10.4. The standard InChI is InChI=1S/C12H18O2/c1-4-6-10-7-8-11(14-5-2)12(9-10)13-3/h7-9H,4-6H2,1-3H3. The summed E-state index contributed by atoms with van der Waals surface area (Å²) in [6.07, 6.45) is 2.24. The number of aryl methyl sites for hydroxylation is 1. The van der Waals surface area contributed by atoms with Crippen LogP contribution in [0.5, 0.6) is 11.5 Å². The van der Waals surface area contributed by atoms with Crippen molar-refractivity contribution >= 4 is 0 Å². The molecule has 0 aromatic heterocycles. The third-order valence-electron chi connectivity index (χ3n) is 2.07. The van der Waals surface area contributed by atoms with E-state index in [-0.39, 0.29) is 0 Å². The molecule has 0 spiro atoms. The van der Waals surface area contributed by atoms with E-state index in [9.17, 15) is 0 Å². The molecular weight excluding hydrogens is 176 g/mol. The molecule has 0 radical (unpaired) electrons. The van der Waals surface area contributed by atoms with Crippen molar-refractivity contribution in [2.24, 2.45) is 0 Å². The fourth-order valence-corrected chi connectivity index (χ4v) is 1.43. The number of methoxy groups -OCH3 is 1. The molecule has 0 bridgehead atoms. The second-order valence-corrected chi connectivity index (χ2v) is 3.17. The number of ether oxygens (including phenoxy) is 2. The van der Waals surface area contributed by atoms with Crippen LogP contribution in [0.3, 0.4) is 0 Å². The summed E-state index contributed by atoms with van der Waals surface area (Å²) in [5.41, 5.74) is 1.30. The summed E-state index contributed by atoms with van der Waals surface area (Å²) in [6.45, 7) is 4.81. The van der Waals surface area contributed by atoms with Gasteiger partial charge >= 0.3 is 0 Å². The van der Waals surface area contributed by atoms with Gasteiger partial charge in [-0.25, -0.2) is 0 Å². The van der Waals surface area contributed by atoms with Crippen LogP contribution in [0.15, 0.2) is 18.2 Å². The summed E-state index contributed by atoms with van der Waals surface area (Å²) < 4.78 is 10.7. The summed E-state index contributed by atoms with van der Waals surface area (Å²) in [6, 6.07) is 6.12. The van der Waals surface area contributed by atoms with Crippen LogP contribution in [0.2, 0.25) is 0 Å². The van der Waals surface area contributed by atoms with Crippen LogP contribution in [-0.2, 0) is 6.42 Å². The molecule has 0 aliphatic rings. The van der Waals surface area contributed by atoms with Crippen LogP contribution in [-0.4, -0.2) is 13.7 Å². The van der Waals surface area contributed by atoms with Crippen molar-refractivity contribution in [1.82, 2.24) is 0 Å². The van der Waals surface area contributed by atoms with Gasteiger partial charge in [-0.1, -0.05) is 19.4 Å². The predicted molar refractivity (Wildman–Crippen MR) is 58.2 cm³/mol. The first-order valence-electron chi connectivity index (χ1n) is 5.11. The van der Waals surface area contributed by atoms with Gasteiger partial charge in [0, 0.05) is 0 Å². The van der Waals surface area contributed by atoms with Crippen LogP contribution in [0.1, 0.15) is 25.8 Å². The lowest BCUT2D eigenvalue weighted by molar-refractivity contribution is 0.310. The highest BCUT2D eigenvalue weighted by Gasteiger charge is 2.04. The first-order valence-corrected chi connectivity index (χ1v) is 5.11. The predicted octanol–water partition coefficient (Wildman–Crippen LogP) is 3.05. The molecule has 0 saturated heterocycles. The number of hydrogen-bond acceptors (Lipinski definition) is 2. The molecule has 0 atom stereocenters. The summed E-state index contributed by atoms with van der Waals surface area (Å²) in [7, 11) is 1.67. The lowest BCUT2D eigenvalue weighted by Crippen LogP contribution is -1.96. The topological polar surface area (TPSA) is 18.5 Å². The Labute approximate surface area is 85.8 Å². The molecule has 1 aromatic carbocycles. The fraction of sp³-hybridized carbons (Fsp3) is 0.500. The van der Waals surface area contributed by atoms with Crippen LogP contribution in [0, 0.1) is 0 Å². The molecule has 0 aliphatic carbocycles. The Hall–Kier alpha value is -1.18. The summed E-state index contributed by atoms with van der Waals surface area (Å²) >= 11 is 0. The monoisotopic (exact) mass is 194 g/mol. The average molecular weight is 194 g/mol. The summed E-state index contributed by atoms with van der Waals surface area (Å²) in [5.74, 6) is 1.66. The van der Waals surface area contributed by atoms with Gasteiger partial charge in [0.15, 0.2) is 11.5 Å². The van der Waals surface area contributed by atoms with E-state index in [2.05, 4.69) is 19.1 Å². The molecule has 0 heterocycles. The molecule has 0 fully saturated rings. The number of hydrogen-bond donors (Lipinski definition) is 0. The van der Waals surface area contributed by atoms with Crippen LogP contribution in [0.4, 0.5) is 0 Å². The van der Waals surface area contributed by atoms with E-state index < -0.39 is 0 Å². The minimum Gasteiger partial charge on any atom is -0.493 e. The van der Waals surface area contributed by atoms with Gasteiger partial charge < -0.3 is 9.47 Å². The molecule has 0 amide bonds. The van der Waals surface area contributed by atoms with E-state index in [4.69, 9.17) is 9.47 Å². The highest BCUT2D eigenvalue weighted by atomic mass is 16.5. The van der Waals surface area contributed by atoms with Crippen molar-refractivity contribution in [2.75, 3.05) is 13.7 Å². The van der Waals surface area contributed by atoms with Gasteiger partial charge in [0.2, 0.25) is 0 Å². The maximum atomic E-state index is 5.44. The Morgan fingerprint density at radius 2 is 1.93 bits per heavy atom. The number of rotatable bonds is 5. The average Bonchev–Trinajstić information content (AvgIpc) is 2.21. The van der Waals surface area contributed by atoms with Crippen molar-refractivity contribution in [2.45, 2.75) is 26.7 Å². The molecule has 1 rings (SSSR count). The van der Waals surface area contributed by atoms with Gasteiger partial charge in [-0.05, 0) is 31.0 Å². The quantitative estimate of drug-likeness (QED) is 0.717. The SMILES string of the molecule is CCCc1ccc(OCC)c(OC)c1. The van der Waals surface area contributed by atoms with Crippen molar-refractivity contribution in [3.8, 4) is 11.5 Å². The molecule has 0 saturated carbocycles. The first kappa shape index (κ1) is 10.9. The van der Waals surface area contributed by atoms with E-state index >= 15 is 0 Å². The van der Waals surface area contributed by atoms with Crippen molar-refractivity contribution in [3.05, 3.63) is 23.8 Å². The molecule has 78 valence electrons. The van der Waals surface area contributed by atoms with Gasteiger partial charge in [-0.2, -0.15) is 0 Å². The Morgan fingerprint density at radius 3 is 2.50 bits per heavy atom. The number of benzene rings is 1. The van der Waals surface area contributed by atoms with Crippen LogP contribution in [0.25, 0.3) is 0 Å². The van der Waals surface area contributed by atoms with Crippen LogP contribution >= 0.6 is 0 Å². The van der Waals surface area contributed by atoms with E-state index in [0.717, 1.165) is 24.3 Å². The molecule has 0 unspecified atom stereocenters. The Balaban J connectivity index is 2.87. The van der Waals surface area contributed by atoms with E-state index in [1.165, 1.54) is 5.56 Å². The zero-order valence-electron chi connectivity index (χ0n) is 9.17. The van der Waals surface area contributed by atoms with Crippen molar-refractivity contribution < 1.29 is 9.47 Å². The third-order valence-corrected chi connectivity index (χ3v) is 2.07. The third kappa shape index (κ3) is 2.66. The van der Waals surface area contributed by atoms with Gasteiger partial charge in [-0.15, -0.1) is 0 Å². The summed E-state index contributed by atoms with van der Waals surface area (Å²) in [4.78, 5) is 0. The normalized spacial score (nSPS) is 9.93. The molecule has 0 aliphatic heterocycles. The molecule has 2 nitrogen and oxygen atoms in total. The smallest absolute Gasteiger partial charge is 0.161 e. The van der Waals surface area contributed by atoms with Gasteiger partial charge in [0.1, 0.15) is 0 Å². The second-order valence-electron chi connectivity index (χ2n) is 3.17. The van der Waals surface area contributed by atoms with E-state index in [1.807, 2.05) is 13.0 Å². The minimum absolute atomic E-state index is 0.670. The highest BCUT2D eigenvalue weighted by molar-refractivity contribution is 5.42. The van der Waals surface area contributed by atoms with Gasteiger partial charge in [-0.3, -0.25) is 0 Å². The Morgan fingerprint density at radius 1 is 1.14 bits per heavy atom. The molecule has 0 N–H and O–H groups in total. The minimum atomic E-state index is 0.670. The zero-order valence-corrected chi connectivity index (χ0v) is 9.17. The second kappa shape index (κ2) is 5.53. The van der Waals surface area contributed by atoms with E-state index in [1.54, 1.807) is 7.11 Å². The molecule has 2 heteroatoms. The lowest BCUT2D eigenvalue weighted by Gasteiger charge is -2.10.